The second-order valence-electron chi connectivity index (χ2n) is 6.28. The van der Waals surface area contributed by atoms with Gasteiger partial charge >= 0.3 is 0 Å². The summed E-state index contributed by atoms with van der Waals surface area (Å²) in [5.41, 5.74) is 1.02. The van der Waals surface area contributed by atoms with E-state index in [0.717, 1.165) is 36.1 Å². The number of aromatic nitrogens is 1. The number of hydrogen-bond acceptors (Lipinski definition) is 2. The van der Waals surface area contributed by atoms with E-state index in [-0.39, 0.29) is 11.4 Å². The number of rotatable bonds is 3. The van der Waals surface area contributed by atoms with Gasteiger partial charge in [0, 0.05) is 35.3 Å². The zero-order valence-corrected chi connectivity index (χ0v) is 13.7. The monoisotopic (exact) mass is 339 g/mol. The highest BCUT2D eigenvalue weighted by Gasteiger charge is 2.33. The second-order valence-corrected chi connectivity index (χ2v) is 7.20. The Hall–Kier alpha value is -0.810. The van der Waals surface area contributed by atoms with E-state index in [1.54, 1.807) is 0 Å². The molecule has 0 bridgehead atoms. The lowest BCUT2D eigenvalue weighted by Gasteiger charge is -2.39. The topological polar surface area (TPSA) is 37.3 Å². The van der Waals surface area contributed by atoms with Gasteiger partial charge in [0.25, 0.3) is 5.91 Å². The van der Waals surface area contributed by atoms with Crippen molar-refractivity contribution >= 4 is 21.8 Å². The molecule has 0 radical (unpaired) electrons. The number of amides is 1. The quantitative estimate of drug-likeness (QED) is 0.919. The number of carbonyl (C=O) groups excluding carboxylic acids is 1. The maximum absolute atomic E-state index is 12.7. The molecule has 1 N–H and O–H groups in total. The van der Waals surface area contributed by atoms with E-state index in [1.165, 1.54) is 12.8 Å². The molecule has 1 saturated heterocycles. The molecule has 3 rings (SSSR count). The first-order valence-corrected chi connectivity index (χ1v) is 8.17. The van der Waals surface area contributed by atoms with Crippen molar-refractivity contribution in [3.63, 3.8) is 0 Å². The predicted molar refractivity (Wildman–Crippen MR) is 83.0 cm³/mol. The molecular weight excluding hydrogens is 318 g/mol. The Bertz CT molecular complexity index is 513. The van der Waals surface area contributed by atoms with E-state index < -0.39 is 0 Å². The van der Waals surface area contributed by atoms with Crippen LogP contribution in [0, 0.1) is 0 Å². The summed E-state index contributed by atoms with van der Waals surface area (Å²) in [6.07, 6.45) is 6.46. The number of carbonyl (C=O) groups is 1. The van der Waals surface area contributed by atoms with Gasteiger partial charge in [-0.25, -0.2) is 0 Å². The lowest BCUT2D eigenvalue weighted by atomic mass is 9.90. The van der Waals surface area contributed by atoms with Crippen LogP contribution in [0.2, 0.25) is 0 Å². The molecule has 2 aliphatic rings. The third-order valence-corrected chi connectivity index (χ3v) is 5.17. The van der Waals surface area contributed by atoms with Gasteiger partial charge in [-0.05, 0) is 61.7 Å². The third kappa shape index (κ3) is 2.66. The molecule has 2 heterocycles. The minimum absolute atomic E-state index is 0.176. The zero-order valence-electron chi connectivity index (χ0n) is 12.2. The SMILES string of the molecule is CNC1(C)CCN(C(=O)c2cc(Br)cn2C2CC2)CC1. The Morgan fingerprint density at radius 3 is 2.60 bits per heavy atom. The highest BCUT2D eigenvalue weighted by atomic mass is 79.9. The average molecular weight is 340 g/mol. The number of hydrogen-bond donors (Lipinski definition) is 1. The zero-order chi connectivity index (χ0) is 14.3. The van der Waals surface area contributed by atoms with Crippen LogP contribution in [0.15, 0.2) is 16.7 Å². The summed E-state index contributed by atoms with van der Waals surface area (Å²) in [5.74, 6) is 0.181. The highest BCUT2D eigenvalue weighted by molar-refractivity contribution is 9.10. The number of piperidine rings is 1. The van der Waals surface area contributed by atoms with Gasteiger partial charge in [0.1, 0.15) is 5.69 Å². The molecule has 5 heteroatoms. The van der Waals surface area contributed by atoms with Crippen molar-refractivity contribution in [2.75, 3.05) is 20.1 Å². The fourth-order valence-corrected chi connectivity index (χ4v) is 3.32. The molecule has 1 aromatic heterocycles. The molecule has 2 fully saturated rings. The van der Waals surface area contributed by atoms with Gasteiger partial charge in [-0.1, -0.05) is 0 Å². The van der Waals surface area contributed by atoms with Crippen LogP contribution in [0.4, 0.5) is 0 Å². The van der Waals surface area contributed by atoms with E-state index in [0.29, 0.717) is 6.04 Å². The first kappa shape index (κ1) is 14.1. The van der Waals surface area contributed by atoms with Gasteiger partial charge in [0.15, 0.2) is 0 Å². The van der Waals surface area contributed by atoms with Gasteiger partial charge in [-0.3, -0.25) is 4.79 Å². The molecule has 0 spiro atoms. The van der Waals surface area contributed by atoms with Crippen LogP contribution >= 0.6 is 15.9 Å². The molecule has 110 valence electrons. The van der Waals surface area contributed by atoms with E-state index >= 15 is 0 Å². The molecule has 1 aliphatic carbocycles. The summed E-state index contributed by atoms with van der Waals surface area (Å²) in [7, 11) is 2.01. The minimum atomic E-state index is 0.176. The lowest BCUT2D eigenvalue weighted by molar-refractivity contribution is 0.0651. The maximum atomic E-state index is 12.7. The Labute approximate surface area is 128 Å². The number of nitrogens with zero attached hydrogens (tertiary/aromatic N) is 2. The summed E-state index contributed by atoms with van der Waals surface area (Å²) in [5, 5.41) is 3.37. The van der Waals surface area contributed by atoms with Crippen LogP contribution in [0.25, 0.3) is 0 Å². The minimum Gasteiger partial charge on any atom is -0.339 e. The van der Waals surface area contributed by atoms with Crippen molar-refractivity contribution in [3.8, 4) is 0 Å². The molecule has 4 nitrogen and oxygen atoms in total. The average Bonchev–Trinajstić information content (AvgIpc) is 3.22. The number of nitrogens with one attached hydrogen (secondary N) is 1. The Morgan fingerprint density at radius 2 is 2.05 bits per heavy atom. The summed E-state index contributed by atoms with van der Waals surface area (Å²) < 4.78 is 3.16. The third-order valence-electron chi connectivity index (χ3n) is 4.73. The van der Waals surface area contributed by atoms with Crippen molar-refractivity contribution < 1.29 is 4.79 Å². The normalized spacial score (nSPS) is 22.1. The molecule has 1 saturated carbocycles. The number of halogens is 1. The Kier molecular flexibility index (Phi) is 3.67. The Balaban J connectivity index is 1.74. The molecule has 1 aliphatic heterocycles. The van der Waals surface area contributed by atoms with Crippen molar-refractivity contribution in [3.05, 3.63) is 22.4 Å². The predicted octanol–water partition coefficient (Wildman–Crippen LogP) is 2.80. The highest BCUT2D eigenvalue weighted by Crippen LogP contribution is 2.38. The van der Waals surface area contributed by atoms with Crippen molar-refractivity contribution in [1.29, 1.82) is 0 Å². The summed E-state index contributed by atoms with van der Waals surface area (Å²) >= 11 is 3.50. The van der Waals surface area contributed by atoms with Crippen LogP contribution in [0.3, 0.4) is 0 Å². The smallest absolute Gasteiger partial charge is 0.270 e. The van der Waals surface area contributed by atoms with Crippen LogP contribution in [-0.4, -0.2) is 41.1 Å². The first-order chi connectivity index (χ1) is 9.52. The van der Waals surface area contributed by atoms with Crippen molar-refractivity contribution in [2.45, 2.75) is 44.2 Å². The lowest BCUT2D eigenvalue weighted by Crippen LogP contribution is -2.51. The standard InChI is InChI=1S/C15H22BrN3O/c1-15(17-2)5-7-18(8-6-15)14(20)13-9-11(16)10-19(13)12-3-4-12/h9-10,12,17H,3-8H2,1-2H3. The van der Waals surface area contributed by atoms with E-state index in [4.69, 9.17) is 0 Å². The molecule has 0 unspecified atom stereocenters. The molecule has 0 atom stereocenters. The summed E-state index contributed by atoms with van der Waals surface area (Å²) in [6, 6.07) is 2.50. The van der Waals surface area contributed by atoms with Crippen LogP contribution in [0.5, 0.6) is 0 Å². The second kappa shape index (κ2) is 5.19. The summed E-state index contributed by atoms with van der Waals surface area (Å²) in [4.78, 5) is 14.7. The fourth-order valence-electron chi connectivity index (χ4n) is 2.89. The summed E-state index contributed by atoms with van der Waals surface area (Å²) in [6.45, 7) is 3.91. The van der Waals surface area contributed by atoms with Crippen molar-refractivity contribution in [1.82, 2.24) is 14.8 Å². The van der Waals surface area contributed by atoms with E-state index in [9.17, 15) is 4.79 Å². The van der Waals surface area contributed by atoms with Gasteiger partial charge < -0.3 is 14.8 Å². The van der Waals surface area contributed by atoms with E-state index in [2.05, 4.69) is 32.7 Å². The van der Waals surface area contributed by atoms with Gasteiger partial charge in [-0.2, -0.15) is 0 Å². The molecule has 1 aromatic rings. The van der Waals surface area contributed by atoms with Crippen LogP contribution in [0.1, 0.15) is 49.1 Å². The van der Waals surface area contributed by atoms with Crippen LogP contribution < -0.4 is 5.32 Å². The molecular formula is C15H22BrN3O. The van der Waals surface area contributed by atoms with Gasteiger partial charge in [0.2, 0.25) is 0 Å². The largest absolute Gasteiger partial charge is 0.339 e. The van der Waals surface area contributed by atoms with Crippen molar-refractivity contribution in [2.24, 2.45) is 0 Å². The first-order valence-electron chi connectivity index (χ1n) is 7.38. The van der Waals surface area contributed by atoms with E-state index in [1.807, 2.05) is 24.2 Å². The Morgan fingerprint density at radius 1 is 1.40 bits per heavy atom. The van der Waals surface area contributed by atoms with Gasteiger partial charge in [0.05, 0.1) is 0 Å². The molecule has 1 amide bonds. The molecule has 20 heavy (non-hydrogen) atoms. The number of likely N-dealkylation sites (tertiary alicyclic amines) is 1. The molecule has 0 aromatic carbocycles. The van der Waals surface area contributed by atoms with Gasteiger partial charge in [-0.15, -0.1) is 0 Å². The fraction of sp³-hybridized carbons (Fsp3) is 0.667. The maximum Gasteiger partial charge on any atom is 0.270 e. The van der Waals surface area contributed by atoms with Crippen LogP contribution in [-0.2, 0) is 0 Å².